The Bertz CT molecular complexity index is 668. The molecule has 2 aromatic carbocycles. The molecule has 0 atom stereocenters. The number of halogens is 1. The molecule has 0 bridgehead atoms. The lowest BCUT2D eigenvalue weighted by Crippen LogP contribution is -1.92. The van der Waals surface area contributed by atoms with Crippen molar-refractivity contribution in [3.05, 3.63) is 66.1 Å². The number of rotatable bonds is 1. The highest BCUT2D eigenvalue weighted by Crippen LogP contribution is 2.23. The van der Waals surface area contributed by atoms with Gasteiger partial charge in [-0.2, -0.15) is 0 Å². The molecule has 0 saturated heterocycles. The van der Waals surface area contributed by atoms with Crippen LogP contribution < -0.4 is 0 Å². The van der Waals surface area contributed by atoms with Crippen LogP contribution in [0.25, 0.3) is 16.6 Å². The van der Waals surface area contributed by atoms with Gasteiger partial charge in [0, 0.05) is 17.3 Å². The van der Waals surface area contributed by atoms with Crippen LogP contribution in [-0.2, 0) is 0 Å². The summed E-state index contributed by atoms with van der Waals surface area (Å²) in [5, 5.41) is 1.06. The molecule has 1 heterocycles. The molecule has 0 fully saturated rings. The maximum atomic E-state index is 13.6. The van der Waals surface area contributed by atoms with Crippen molar-refractivity contribution < 1.29 is 4.39 Å². The Balaban J connectivity index is 2.29. The zero-order valence-electron chi connectivity index (χ0n) is 9.52. The van der Waals surface area contributed by atoms with Crippen LogP contribution >= 0.6 is 0 Å². The Labute approximate surface area is 99.1 Å². The highest BCUT2D eigenvalue weighted by atomic mass is 19.1. The molecule has 0 aliphatic carbocycles. The number of benzene rings is 2. The third-order valence-corrected chi connectivity index (χ3v) is 3.00. The van der Waals surface area contributed by atoms with E-state index in [1.807, 2.05) is 53.2 Å². The molecule has 17 heavy (non-hydrogen) atoms. The van der Waals surface area contributed by atoms with Gasteiger partial charge in [0.1, 0.15) is 5.82 Å². The lowest BCUT2D eigenvalue weighted by Gasteiger charge is -2.05. The summed E-state index contributed by atoms with van der Waals surface area (Å²) in [4.78, 5) is 0. The highest BCUT2D eigenvalue weighted by molar-refractivity contribution is 5.82. The summed E-state index contributed by atoms with van der Waals surface area (Å²) in [5.41, 5.74) is 2.63. The second-order valence-electron chi connectivity index (χ2n) is 4.18. The summed E-state index contributed by atoms with van der Waals surface area (Å²) in [6, 6.07) is 15.4. The molecule has 1 nitrogen and oxygen atoms in total. The first-order valence-electron chi connectivity index (χ1n) is 5.58. The fourth-order valence-electron chi connectivity index (χ4n) is 2.08. The van der Waals surface area contributed by atoms with Crippen molar-refractivity contribution in [1.29, 1.82) is 0 Å². The van der Waals surface area contributed by atoms with Crippen LogP contribution in [0.15, 0.2) is 54.7 Å². The molecule has 0 unspecified atom stereocenters. The lowest BCUT2D eigenvalue weighted by molar-refractivity contribution is 0.620. The van der Waals surface area contributed by atoms with E-state index in [1.54, 1.807) is 13.0 Å². The first-order chi connectivity index (χ1) is 8.25. The van der Waals surface area contributed by atoms with Crippen LogP contribution in [-0.4, -0.2) is 4.57 Å². The Kier molecular flexibility index (Phi) is 2.22. The molecule has 0 amide bonds. The maximum absolute atomic E-state index is 13.6. The summed E-state index contributed by atoms with van der Waals surface area (Å²) in [6.45, 7) is 1.79. The van der Waals surface area contributed by atoms with Gasteiger partial charge in [-0.25, -0.2) is 4.39 Å². The van der Waals surface area contributed by atoms with Gasteiger partial charge in [-0.3, -0.25) is 0 Å². The first-order valence-corrected chi connectivity index (χ1v) is 5.58. The van der Waals surface area contributed by atoms with Gasteiger partial charge in [-0.1, -0.05) is 18.2 Å². The van der Waals surface area contributed by atoms with Crippen molar-refractivity contribution in [1.82, 2.24) is 4.57 Å². The van der Waals surface area contributed by atoms with E-state index in [9.17, 15) is 4.39 Å². The van der Waals surface area contributed by atoms with Gasteiger partial charge in [0.25, 0.3) is 0 Å². The molecule has 2 heteroatoms. The van der Waals surface area contributed by atoms with Crippen LogP contribution in [0.2, 0.25) is 0 Å². The predicted molar refractivity (Wildman–Crippen MR) is 68.0 cm³/mol. The molecule has 3 aromatic rings. The number of fused-ring (bicyclic) bond motifs is 1. The molecule has 0 saturated carbocycles. The minimum absolute atomic E-state index is 0.159. The average molecular weight is 225 g/mol. The molecule has 84 valence electrons. The van der Waals surface area contributed by atoms with E-state index in [-0.39, 0.29) is 5.82 Å². The number of hydrogen-bond acceptors (Lipinski definition) is 0. The summed E-state index contributed by atoms with van der Waals surface area (Å²) in [5.74, 6) is -0.159. The number of para-hydroxylation sites is 1. The fourth-order valence-corrected chi connectivity index (χ4v) is 2.08. The van der Waals surface area contributed by atoms with E-state index in [2.05, 4.69) is 0 Å². The molecule has 0 N–H and O–H groups in total. The van der Waals surface area contributed by atoms with Crippen LogP contribution in [0.3, 0.4) is 0 Å². The first kappa shape index (κ1) is 10.1. The Hall–Kier alpha value is -2.09. The van der Waals surface area contributed by atoms with Crippen molar-refractivity contribution in [2.45, 2.75) is 6.92 Å². The largest absolute Gasteiger partial charge is 0.316 e. The summed E-state index contributed by atoms with van der Waals surface area (Å²) in [7, 11) is 0. The smallest absolute Gasteiger partial charge is 0.128 e. The van der Waals surface area contributed by atoms with E-state index in [0.717, 1.165) is 16.6 Å². The maximum Gasteiger partial charge on any atom is 0.128 e. The zero-order chi connectivity index (χ0) is 11.8. The topological polar surface area (TPSA) is 4.93 Å². The minimum atomic E-state index is -0.159. The zero-order valence-corrected chi connectivity index (χ0v) is 9.52. The molecule has 0 radical (unpaired) electrons. The van der Waals surface area contributed by atoms with Gasteiger partial charge in [-0.05, 0) is 42.8 Å². The van der Waals surface area contributed by atoms with Crippen LogP contribution in [0.1, 0.15) is 5.56 Å². The predicted octanol–water partition coefficient (Wildman–Crippen LogP) is 4.08. The SMILES string of the molecule is Cc1cc2ccn(-c3ccccc3)c2cc1F. The molecule has 0 aliphatic heterocycles. The summed E-state index contributed by atoms with van der Waals surface area (Å²) >= 11 is 0. The van der Waals surface area contributed by atoms with E-state index in [4.69, 9.17) is 0 Å². The Morgan fingerprint density at radius 2 is 1.76 bits per heavy atom. The van der Waals surface area contributed by atoms with Crippen LogP contribution in [0, 0.1) is 12.7 Å². The van der Waals surface area contributed by atoms with Crippen LogP contribution in [0.5, 0.6) is 0 Å². The Morgan fingerprint density at radius 3 is 2.53 bits per heavy atom. The normalized spacial score (nSPS) is 10.9. The van der Waals surface area contributed by atoms with Crippen LogP contribution in [0.4, 0.5) is 4.39 Å². The molecular formula is C15H12FN. The van der Waals surface area contributed by atoms with Gasteiger partial charge >= 0.3 is 0 Å². The number of hydrogen-bond donors (Lipinski definition) is 0. The van der Waals surface area contributed by atoms with Crippen molar-refractivity contribution in [2.75, 3.05) is 0 Å². The number of aryl methyl sites for hydroxylation is 1. The van der Waals surface area contributed by atoms with Crippen molar-refractivity contribution in [2.24, 2.45) is 0 Å². The van der Waals surface area contributed by atoms with Crippen molar-refractivity contribution >= 4 is 10.9 Å². The monoisotopic (exact) mass is 225 g/mol. The van der Waals surface area contributed by atoms with Gasteiger partial charge in [0.05, 0.1) is 5.52 Å². The fraction of sp³-hybridized carbons (Fsp3) is 0.0667. The Morgan fingerprint density at radius 1 is 1.00 bits per heavy atom. The number of aromatic nitrogens is 1. The van der Waals surface area contributed by atoms with Gasteiger partial charge in [-0.15, -0.1) is 0 Å². The lowest BCUT2D eigenvalue weighted by atomic mass is 10.1. The van der Waals surface area contributed by atoms with E-state index < -0.39 is 0 Å². The minimum Gasteiger partial charge on any atom is -0.316 e. The van der Waals surface area contributed by atoms with Crippen molar-refractivity contribution in [3.8, 4) is 5.69 Å². The molecule has 0 spiro atoms. The van der Waals surface area contributed by atoms with Gasteiger partial charge in [0.15, 0.2) is 0 Å². The van der Waals surface area contributed by atoms with E-state index in [0.29, 0.717) is 5.56 Å². The highest BCUT2D eigenvalue weighted by Gasteiger charge is 2.06. The molecular weight excluding hydrogens is 213 g/mol. The third-order valence-electron chi connectivity index (χ3n) is 3.00. The second-order valence-corrected chi connectivity index (χ2v) is 4.18. The molecule has 0 aliphatic rings. The van der Waals surface area contributed by atoms with E-state index >= 15 is 0 Å². The second kappa shape index (κ2) is 3.74. The molecule has 1 aromatic heterocycles. The van der Waals surface area contributed by atoms with Gasteiger partial charge < -0.3 is 4.57 Å². The van der Waals surface area contributed by atoms with E-state index in [1.165, 1.54) is 0 Å². The number of nitrogens with zero attached hydrogens (tertiary/aromatic N) is 1. The quantitative estimate of drug-likeness (QED) is 0.588. The average Bonchev–Trinajstić information content (AvgIpc) is 2.74. The molecule has 3 rings (SSSR count). The standard InChI is InChI=1S/C15H12FN/c1-11-9-12-7-8-17(15(12)10-14(11)16)13-5-3-2-4-6-13/h2-10H,1H3. The van der Waals surface area contributed by atoms with Crippen molar-refractivity contribution in [3.63, 3.8) is 0 Å². The third kappa shape index (κ3) is 1.62. The summed E-state index contributed by atoms with van der Waals surface area (Å²) in [6.07, 6.45) is 1.97. The van der Waals surface area contributed by atoms with Gasteiger partial charge in [0.2, 0.25) is 0 Å². The summed E-state index contributed by atoms with van der Waals surface area (Å²) < 4.78 is 15.6.